The Morgan fingerprint density at radius 1 is 1.30 bits per heavy atom. The summed E-state index contributed by atoms with van der Waals surface area (Å²) < 4.78 is 1.60. The van der Waals surface area contributed by atoms with Crippen molar-refractivity contribution < 1.29 is 9.72 Å². The van der Waals surface area contributed by atoms with Crippen molar-refractivity contribution in [2.24, 2.45) is 5.73 Å². The van der Waals surface area contributed by atoms with Crippen molar-refractivity contribution in [1.29, 1.82) is 0 Å². The van der Waals surface area contributed by atoms with Crippen LogP contribution in [0.15, 0.2) is 30.5 Å². The second-order valence-corrected chi connectivity index (χ2v) is 6.58. The van der Waals surface area contributed by atoms with Crippen LogP contribution in [-0.4, -0.2) is 26.9 Å². The van der Waals surface area contributed by atoms with Gasteiger partial charge in [-0.25, -0.2) is 0 Å². The van der Waals surface area contributed by atoms with E-state index in [4.69, 9.17) is 5.73 Å². The van der Waals surface area contributed by atoms with Gasteiger partial charge in [-0.3, -0.25) is 4.79 Å². The van der Waals surface area contributed by atoms with Crippen LogP contribution in [0.25, 0.3) is 0 Å². The number of rotatable bonds is 8. The Bertz CT molecular complexity index is 774. The number of nitrogens with zero attached hydrogens (tertiary/aromatic N) is 3. The topological polar surface area (TPSA) is 116 Å². The molecule has 2 aromatic rings. The number of halogens is 1. The smallest absolute Gasteiger partial charge is 0.358 e. The third-order valence-electron chi connectivity index (χ3n) is 4.28. The molecule has 1 atom stereocenters. The molecular weight excluding hydrogens is 370 g/mol. The molecular formula is C18H26ClN5O3. The van der Waals surface area contributed by atoms with E-state index in [1.807, 2.05) is 12.1 Å². The van der Waals surface area contributed by atoms with E-state index >= 15 is 0 Å². The summed E-state index contributed by atoms with van der Waals surface area (Å²) >= 11 is 0. The van der Waals surface area contributed by atoms with E-state index < -0.39 is 4.92 Å². The zero-order chi connectivity index (χ0) is 19.3. The number of aromatic nitrogens is 2. The van der Waals surface area contributed by atoms with Crippen LogP contribution in [0.3, 0.4) is 0 Å². The largest absolute Gasteiger partial charge is 0.381 e. The Balaban J connectivity index is 0.00000364. The Labute approximate surface area is 164 Å². The normalized spacial score (nSPS) is 11.7. The summed E-state index contributed by atoms with van der Waals surface area (Å²) in [7, 11) is 0. The second-order valence-electron chi connectivity index (χ2n) is 6.58. The predicted molar refractivity (Wildman–Crippen MR) is 106 cm³/mol. The molecule has 0 saturated carbocycles. The van der Waals surface area contributed by atoms with E-state index in [2.05, 4.69) is 36.3 Å². The first-order chi connectivity index (χ1) is 12.3. The molecule has 1 aromatic carbocycles. The average molecular weight is 396 g/mol. The molecule has 0 radical (unpaired) electrons. The lowest BCUT2D eigenvalue weighted by Crippen LogP contribution is -2.32. The molecule has 27 heavy (non-hydrogen) atoms. The van der Waals surface area contributed by atoms with Crippen molar-refractivity contribution in [2.45, 2.75) is 45.7 Å². The Morgan fingerprint density at radius 3 is 2.41 bits per heavy atom. The lowest BCUT2D eigenvalue weighted by atomic mass is 9.99. The molecule has 0 fully saturated rings. The highest BCUT2D eigenvalue weighted by atomic mass is 35.5. The molecule has 8 nitrogen and oxygen atoms in total. The van der Waals surface area contributed by atoms with Crippen molar-refractivity contribution in [2.75, 3.05) is 6.54 Å². The van der Waals surface area contributed by atoms with Crippen molar-refractivity contribution in [3.8, 4) is 0 Å². The Kier molecular flexibility index (Phi) is 8.39. The summed E-state index contributed by atoms with van der Waals surface area (Å²) in [6.07, 6.45) is 1.54. The van der Waals surface area contributed by atoms with Crippen molar-refractivity contribution in [1.82, 2.24) is 14.9 Å². The van der Waals surface area contributed by atoms with Crippen LogP contribution in [0.2, 0.25) is 0 Å². The molecule has 9 heteroatoms. The number of hydrogen-bond acceptors (Lipinski definition) is 5. The van der Waals surface area contributed by atoms with Crippen LogP contribution in [0, 0.1) is 17.0 Å². The van der Waals surface area contributed by atoms with E-state index in [-0.39, 0.29) is 36.6 Å². The highest BCUT2D eigenvalue weighted by molar-refractivity contribution is 5.85. The highest BCUT2D eigenvalue weighted by Crippen LogP contribution is 2.17. The average Bonchev–Trinajstić information content (AvgIpc) is 2.99. The minimum Gasteiger partial charge on any atom is -0.358 e. The molecule has 1 unspecified atom stereocenters. The minimum absolute atomic E-state index is 0. The van der Waals surface area contributed by atoms with Gasteiger partial charge < -0.3 is 25.7 Å². The van der Waals surface area contributed by atoms with Crippen molar-refractivity contribution in [3.63, 3.8) is 0 Å². The Hall–Kier alpha value is -2.45. The predicted octanol–water partition coefficient (Wildman–Crippen LogP) is 2.85. The zero-order valence-corrected chi connectivity index (χ0v) is 16.5. The molecule has 1 heterocycles. The summed E-state index contributed by atoms with van der Waals surface area (Å²) in [6.45, 7) is 6.60. The standard InChI is InChI=1S/C18H25N5O3.ClH/c1-12(2)14-4-6-15(7-5-14)16(19)10-20-18(24)8-9-22-11-17(23(25)26)21-13(22)3;/h4-7,11-12,16H,8-10,19H2,1-3H3,(H,20,24);1H. The molecule has 148 valence electrons. The molecule has 0 saturated heterocycles. The molecule has 0 bridgehead atoms. The molecule has 1 aromatic heterocycles. The number of hydrogen-bond donors (Lipinski definition) is 2. The van der Waals surface area contributed by atoms with Gasteiger partial charge in [0.1, 0.15) is 6.20 Å². The first-order valence-corrected chi connectivity index (χ1v) is 8.58. The monoisotopic (exact) mass is 395 g/mol. The van der Waals surface area contributed by atoms with Gasteiger partial charge in [0, 0.05) is 32.5 Å². The third-order valence-corrected chi connectivity index (χ3v) is 4.28. The lowest BCUT2D eigenvalue weighted by molar-refractivity contribution is -0.389. The number of carbonyl (C=O) groups is 1. The van der Waals surface area contributed by atoms with Gasteiger partial charge in [-0.1, -0.05) is 38.1 Å². The lowest BCUT2D eigenvalue weighted by Gasteiger charge is -2.14. The number of imidazole rings is 1. The zero-order valence-electron chi connectivity index (χ0n) is 15.7. The fourth-order valence-electron chi connectivity index (χ4n) is 2.59. The van der Waals surface area contributed by atoms with Crippen LogP contribution in [0.5, 0.6) is 0 Å². The molecule has 1 amide bonds. The number of carbonyl (C=O) groups excluding carboxylic acids is 1. The van der Waals surface area contributed by atoms with Crippen molar-refractivity contribution in [3.05, 3.63) is 57.5 Å². The summed E-state index contributed by atoms with van der Waals surface area (Å²) in [6, 6.07) is 7.80. The van der Waals surface area contributed by atoms with E-state index in [0.29, 0.717) is 24.8 Å². The number of aryl methyl sites for hydroxylation is 2. The first-order valence-electron chi connectivity index (χ1n) is 8.58. The van der Waals surface area contributed by atoms with Gasteiger partial charge in [-0.2, -0.15) is 0 Å². The van der Waals surface area contributed by atoms with Gasteiger partial charge in [-0.05, 0) is 27.0 Å². The molecule has 0 aliphatic rings. The van der Waals surface area contributed by atoms with Gasteiger partial charge in [-0.15, -0.1) is 12.4 Å². The van der Waals surface area contributed by atoms with Gasteiger partial charge in [0.2, 0.25) is 11.7 Å². The quantitative estimate of drug-likeness (QED) is 0.526. The molecule has 2 rings (SSSR count). The SMILES string of the molecule is Cc1nc([N+](=O)[O-])cn1CCC(=O)NCC(N)c1ccc(C(C)C)cc1.Cl. The summed E-state index contributed by atoms with van der Waals surface area (Å²) in [5.74, 6) is 0.596. The number of nitrogens with one attached hydrogen (secondary N) is 1. The van der Waals surface area contributed by atoms with Crippen LogP contribution in [0.1, 0.15) is 49.2 Å². The van der Waals surface area contributed by atoms with Crippen LogP contribution in [-0.2, 0) is 11.3 Å². The van der Waals surface area contributed by atoms with Crippen molar-refractivity contribution >= 4 is 24.1 Å². The maximum absolute atomic E-state index is 12.0. The number of amides is 1. The van der Waals surface area contributed by atoms with Crippen LogP contribution in [0.4, 0.5) is 5.82 Å². The maximum atomic E-state index is 12.0. The van der Waals surface area contributed by atoms with E-state index in [1.54, 1.807) is 11.5 Å². The Morgan fingerprint density at radius 2 is 1.89 bits per heavy atom. The van der Waals surface area contributed by atoms with Gasteiger partial charge >= 0.3 is 5.82 Å². The van der Waals surface area contributed by atoms with E-state index in [1.165, 1.54) is 11.8 Å². The molecule has 0 aliphatic carbocycles. The molecule has 0 spiro atoms. The van der Waals surface area contributed by atoms with Crippen LogP contribution < -0.4 is 11.1 Å². The number of nitro groups is 1. The number of nitrogens with two attached hydrogens (primary N) is 1. The first kappa shape index (κ1) is 22.6. The van der Waals surface area contributed by atoms with E-state index in [0.717, 1.165) is 5.56 Å². The summed E-state index contributed by atoms with van der Waals surface area (Å²) in [5.41, 5.74) is 8.35. The van der Waals surface area contributed by atoms with E-state index in [9.17, 15) is 14.9 Å². The highest BCUT2D eigenvalue weighted by Gasteiger charge is 2.16. The van der Waals surface area contributed by atoms with Gasteiger partial charge in [0.05, 0.1) is 0 Å². The summed E-state index contributed by atoms with van der Waals surface area (Å²) in [4.78, 5) is 26.0. The fourth-order valence-corrected chi connectivity index (χ4v) is 2.59. The fraction of sp³-hybridized carbons (Fsp3) is 0.444. The van der Waals surface area contributed by atoms with Gasteiger partial charge in [0.15, 0.2) is 0 Å². The number of benzene rings is 1. The maximum Gasteiger partial charge on any atom is 0.381 e. The summed E-state index contributed by atoms with van der Waals surface area (Å²) in [5, 5.41) is 13.5. The molecule has 0 aliphatic heterocycles. The second kappa shape index (κ2) is 10.0. The third kappa shape index (κ3) is 6.33. The minimum atomic E-state index is -0.548. The van der Waals surface area contributed by atoms with Crippen LogP contribution >= 0.6 is 12.4 Å². The molecule has 3 N–H and O–H groups in total. The van der Waals surface area contributed by atoms with Gasteiger partial charge in [0.25, 0.3) is 0 Å².